The number of hydrogen-bond donors (Lipinski definition) is 2. The number of nitrogens with zero attached hydrogens (tertiary/aromatic N) is 1. The van der Waals surface area contributed by atoms with Gasteiger partial charge in [0, 0.05) is 18.9 Å². The van der Waals surface area contributed by atoms with Crippen LogP contribution in [0.3, 0.4) is 0 Å². The Morgan fingerprint density at radius 2 is 2.14 bits per heavy atom. The van der Waals surface area contributed by atoms with E-state index in [-0.39, 0.29) is 6.61 Å². The van der Waals surface area contributed by atoms with E-state index < -0.39 is 6.10 Å². The van der Waals surface area contributed by atoms with Gasteiger partial charge in [0.1, 0.15) is 18.5 Å². The second-order valence-corrected chi connectivity index (χ2v) is 4.69. The third-order valence-corrected chi connectivity index (χ3v) is 2.97. The molecule has 2 rings (SSSR count). The van der Waals surface area contributed by atoms with Gasteiger partial charge < -0.3 is 15.2 Å². The summed E-state index contributed by atoms with van der Waals surface area (Å²) < 4.78 is 5.69. The lowest BCUT2D eigenvalue weighted by Crippen LogP contribution is -2.26. The van der Waals surface area contributed by atoms with Crippen LogP contribution in [0.4, 0.5) is 5.69 Å². The number of rotatable bonds is 8. The number of allylic oxidation sites excluding steroid dienone is 1. The fraction of sp³-hybridized carbons (Fsp3) is 0.235. The standard InChI is InChI=1S/C17H20N2O2/c1-2-6-14-7-3-4-9-17(14)21-13-16(20)12-19-15-8-5-10-18-11-15/h2-5,7-11,16,19-20H,1,6,12-13H2. The molecule has 1 atom stereocenters. The van der Waals surface area contributed by atoms with Crippen molar-refractivity contribution in [3.8, 4) is 5.75 Å². The zero-order chi connectivity index (χ0) is 14.9. The number of nitrogens with one attached hydrogen (secondary N) is 1. The Morgan fingerprint density at radius 1 is 1.29 bits per heavy atom. The minimum Gasteiger partial charge on any atom is -0.491 e. The quantitative estimate of drug-likeness (QED) is 0.732. The highest BCUT2D eigenvalue weighted by atomic mass is 16.5. The first-order chi connectivity index (χ1) is 10.3. The maximum atomic E-state index is 9.96. The van der Waals surface area contributed by atoms with Crippen molar-refractivity contribution < 1.29 is 9.84 Å². The lowest BCUT2D eigenvalue weighted by atomic mass is 10.1. The molecule has 0 saturated carbocycles. The lowest BCUT2D eigenvalue weighted by Gasteiger charge is -2.15. The van der Waals surface area contributed by atoms with Gasteiger partial charge in [0.25, 0.3) is 0 Å². The number of benzene rings is 1. The molecule has 0 aliphatic rings. The SMILES string of the molecule is C=CCc1ccccc1OCC(O)CNc1cccnc1. The number of para-hydroxylation sites is 1. The Labute approximate surface area is 125 Å². The van der Waals surface area contributed by atoms with Crippen molar-refractivity contribution in [2.24, 2.45) is 0 Å². The Balaban J connectivity index is 1.81. The first kappa shape index (κ1) is 15.1. The Morgan fingerprint density at radius 3 is 2.90 bits per heavy atom. The van der Waals surface area contributed by atoms with E-state index in [1.807, 2.05) is 42.5 Å². The molecule has 21 heavy (non-hydrogen) atoms. The van der Waals surface area contributed by atoms with Gasteiger partial charge in [-0.25, -0.2) is 0 Å². The number of aromatic nitrogens is 1. The summed E-state index contributed by atoms with van der Waals surface area (Å²) in [6, 6.07) is 11.5. The number of ether oxygens (including phenoxy) is 1. The van der Waals surface area contributed by atoms with Crippen molar-refractivity contribution in [1.82, 2.24) is 4.98 Å². The molecule has 2 aromatic rings. The maximum Gasteiger partial charge on any atom is 0.122 e. The van der Waals surface area contributed by atoms with Crippen LogP contribution in [0.1, 0.15) is 5.56 Å². The minimum atomic E-state index is -0.595. The summed E-state index contributed by atoms with van der Waals surface area (Å²) in [5.74, 6) is 0.790. The van der Waals surface area contributed by atoms with Gasteiger partial charge in [-0.3, -0.25) is 4.98 Å². The van der Waals surface area contributed by atoms with Crippen LogP contribution in [0, 0.1) is 0 Å². The van der Waals surface area contributed by atoms with Crippen molar-refractivity contribution in [3.05, 3.63) is 67.0 Å². The summed E-state index contributed by atoms with van der Waals surface area (Å²) in [5, 5.41) is 13.1. The van der Waals surface area contributed by atoms with E-state index in [2.05, 4.69) is 16.9 Å². The largest absolute Gasteiger partial charge is 0.491 e. The molecule has 1 unspecified atom stereocenters. The van der Waals surface area contributed by atoms with E-state index in [4.69, 9.17) is 4.74 Å². The summed E-state index contributed by atoms with van der Waals surface area (Å²) in [6.07, 6.45) is 5.42. The van der Waals surface area contributed by atoms with Crippen LogP contribution in [0.15, 0.2) is 61.4 Å². The number of pyridine rings is 1. The molecule has 0 spiro atoms. The highest BCUT2D eigenvalue weighted by molar-refractivity contribution is 5.39. The smallest absolute Gasteiger partial charge is 0.122 e. The average Bonchev–Trinajstić information content (AvgIpc) is 2.53. The first-order valence-electron chi connectivity index (χ1n) is 6.93. The highest BCUT2D eigenvalue weighted by Gasteiger charge is 2.07. The number of aliphatic hydroxyl groups excluding tert-OH is 1. The fourth-order valence-electron chi connectivity index (χ4n) is 1.92. The summed E-state index contributed by atoms with van der Waals surface area (Å²) in [4.78, 5) is 4.00. The van der Waals surface area contributed by atoms with Crippen molar-refractivity contribution >= 4 is 5.69 Å². The second-order valence-electron chi connectivity index (χ2n) is 4.69. The molecule has 1 heterocycles. The minimum absolute atomic E-state index is 0.238. The molecule has 0 bridgehead atoms. The van der Waals surface area contributed by atoms with E-state index in [9.17, 15) is 5.11 Å². The monoisotopic (exact) mass is 284 g/mol. The van der Waals surface area contributed by atoms with Crippen LogP contribution < -0.4 is 10.1 Å². The molecular weight excluding hydrogens is 264 g/mol. The van der Waals surface area contributed by atoms with E-state index >= 15 is 0 Å². The molecular formula is C17H20N2O2. The molecule has 0 aliphatic carbocycles. The number of hydrogen-bond acceptors (Lipinski definition) is 4. The van der Waals surface area contributed by atoms with Crippen LogP contribution in [0.25, 0.3) is 0 Å². The highest BCUT2D eigenvalue weighted by Crippen LogP contribution is 2.18. The van der Waals surface area contributed by atoms with Gasteiger partial charge in [-0.2, -0.15) is 0 Å². The predicted molar refractivity (Wildman–Crippen MR) is 84.6 cm³/mol. The van der Waals surface area contributed by atoms with Crippen LogP contribution >= 0.6 is 0 Å². The topological polar surface area (TPSA) is 54.4 Å². The van der Waals surface area contributed by atoms with Gasteiger partial charge in [0.05, 0.1) is 5.69 Å². The molecule has 0 amide bonds. The Hall–Kier alpha value is -2.33. The van der Waals surface area contributed by atoms with Crippen LogP contribution in [0.5, 0.6) is 5.75 Å². The Kier molecular flexibility index (Phi) is 5.79. The Bertz CT molecular complexity index is 558. The van der Waals surface area contributed by atoms with Crippen LogP contribution in [0.2, 0.25) is 0 Å². The fourth-order valence-corrected chi connectivity index (χ4v) is 1.92. The van der Waals surface area contributed by atoms with Gasteiger partial charge >= 0.3 is 0 Å². The lowest BCUT2D eigenvalue weighted by molar-refractivity contribution is 0.117. The normalized spacial score (nSPS) is 11.7. The third-order valence-electron chi connectivity index (χ3n) is 2.97. The van der Waals surface area contributed by atoms with Gasteiger partial charge in [0.2, 0.25) is 0 Å². The van der Waals surface area contributed by atoms with E-state index in [0.717, 1.165) is 23.4 Å². The first-order valence-corrected chi connectivity index (χ1v) is 6.93. The van der Waals surface area contributed by atoms with E-state index in [1.54, 1.807) is 12.4 Å². The summed E-state index contributed by atoms with van der Waals surface area (Å²) in [5.41, 5.74) is 1.95. The molecule has 0 radical (unpaired) electrons. The van der Waals surface area contributed by atoms with E-state index in [1.165, 1.54) is 0 Å². The van der Waals surface area contributed by atoms with Crippen molar-refractivity contribution in [1.29, 1.82) is 0 Å². The molecule has 4 heteroatoms. The zero-order valence-electron chi connectivity index (χ0n) is 11.9. The number of anilines is 1. The van der Waals surface area contributed by atoms with Gasteiger partial charge in [0.15, 0.2) is 0 Å². The third kappa shape index (κ3) is 4.93. The van der Waals surface area contributed by atoms with Crippen LogP contribution in [-0.2, 0) is 6.42 Å². The summed E-state index contributed by atoms with van der Waals surface area (Å²) in [7, 11) is 0. The van der Waals surface area contributed by atoms with Gasteiger partial charge in [-0.05, 0) is 30.2 Å². The average molecular weight is 284 g/mol. The summed E-state index contributed by atoms with van der Waals surface area (Å²) >= 11 is 0. The molecule has 1 aromatic carbocycles. The zero-order valence-corrected chi connectivity index (χ0v) is 11.9. The molecule has 0 aliphatic heterocycles. The van der Waals surface area contributed by atoms with Gasteiger partial charge in [-0.15, -0.1) is 6.58 Å². The molecule has 0 saturated heterocycles. The molecule has 4 nitrogen and oxygen atoms in total. The van der Waals surface area contributed by atoms with Crippen molar-refractivity contribution in [3.63, 3.8) is 0 Å². The van der Waals surface area contributed by atoms with Crippen molar-refractivity contribution in [2.45, 2.75) is 12.5 Å². The molecule has 2 N–H and O–H groups in total. The van der Waals surface area contributed by atoms with Crippen LogP contribution in [-0.4, -0.2) is 29.3 Å². The molecule has 0 fully saturated rings. The molecule has 1 aromatic heterocycles. The van der Waals surface area contributed by atoms with Crippen molar-refractivity contribution in [2.75, 3.05) is 18.5 Å². The second kappa shape index (κ2) is 8.07. The maximum absolute atomic E-state index is 9.96. The number of aliphatic hydroxyl groups is 1. The molecule has 110 valence electrons. The van der Waals surface area contributed by atoms with E-state index in [0.29, 0.717) is 6.54 Å². The predicted octanol–water partition coefficient (Wildman–Crippen LogP) is 2.66. The van der Waals surface area contributed by atoms with Gasteiger partial charge in [-0.1, -0.05) is 24.3 Å². The summed E-state index contributed by atoms with van der Waals surface area (Å²) in [6.45, 7) is 4.38.